The van der Waals surface area contributed by atoms with Crippen molar-refractivity contribution in [2.24, 2.45) is 10.4 Å². The fourth-order valence-corrected chi connectivity index (χ4v) is 2.75. The highest BCUT2D eigenvalue weighted by atomic mass is 32.1. The maximum atomic E-state index is 4.71. The first-order valence-corrected chi connectivity index (χ1v) is 5.77. The Morgan fingerprint density at radius 2 is 2.08 bits per heavy atom. The molecule has 1 nitrogen and oxygen atoms in total. The van der Waals surface area contributed by atoms with Gasteiger partial charge in [0.15, 0.2) is 0 Å². The molecule has 1 rings (SSSR count). The summed E-state index contributed by atoms with van der Waals surface area (Å²) in [5.41, 5.74) is 0.435. The Morgan fingerprint density at radius 3 is 2.62 bits per heavy atom. The average Bonchev–Trinajstić information content (AvgIpc) is 2.20. The first-order valence-electron chi connectivity index (χ1n) is 5.36. The Morgan fingerprint density at radius 1 is 1.38 bits per heavy atom. The number of thiocarbonyl (C=S) groups is 1. The van der Waals surface area contributed by atoms with Crippen LogP contribution in [-0.4, -0.2) is 11.2 Å². The summed E-state index contributed by atoms with van der Waals surface area (Å²) in [6.07, 6.45) is 7.68. The molecule has 0 spiro atoms. The van der Waals surface area contributed by atoms with Crippen LogP contribution in [0.4, 0.5) is 0 Å². The smallest absolute Gasteiger partial charge is 0.0658 e. The van der Waals surface area contributed by atoms with Crippen LogP contribution in [0, 0.1) is 5.41 Å². The van der Waals surface area contributed by atoms with E-state index >= 15 is 0 Å². The minimum atomic E-state index is 0.435. The molecular weight excluding hydrogens is 178 g/mol. The van der Waals surface area contributed by atoms with Crippen molar-refractivity contribution in [3.63, 3.8) is 0 Å². The van der Waals surface area contributed by atoms with E-state index in [4.69, 9.17) is 12.2 Å². The molecule has 0 aromatic heterocycles. The average molecular weight is 197 g/mol. The van der Waals surface area contributed by atoms with Crippen LogP contribution in [0.15, 0.2) is 4.99 Å². The number of aliphatic imine (C=N–C) groups is 1. The Kier molecular flexibility index (Phi) is 4.08. The topological polar surface area (TPSA) is 12.4 Å². The lowest BCUT2D eigenvalue weighted by atomic mass is 9.67. The Labute approximate surface area is 86.6 Å². The molecule has 1 aliphatic carbocycles. The number of rotatable bonds is 3. The molecule has 0 N–H and O–H groups in total. The third-order valence-corrected chi connectivity index (χ3v) is 3.83. The van der Waals surface area contributed by atoms with Crippen molar-refractivity contribution < 1.29 is 0 Å². The minimum absolute atomic E-state index is 0.435. The predicted octanol–water partition coefficient (Wildman–Crippen LogP) is 3.84. The third-order valence-electron chi connectivity index (χ3n) is 3.73. The molecule has 74 valence electrons. The van der Waals surface area contributed by atoms with Gasteiger partial charge in [-0.3, -0.25) is 0 Å². The van der Waals surface area contributed by atoms with Gasteiger partial charge in [-0.15, -0.1) is 0 Å². The van der Waals surface area contributed by atoms with Crippen molar-refractivity contribution in [3.05, 3.63) is 0 Å². The first kappa shape index (κ1) is 10.9. The van der Waals surface area contributed by atoms with Gasteiger partial charge in [0.25, 0.3) is 0 Å². The molecule has 1 saturated carbocycles. The molecule has 1 fully saturated rings. The lowest BCUT2D eigenvalue weighted by Gasteiger charge is -2.40. The molecule has 0 radical (unpaired) electrons. The van der Waals surface area contributed by atoms with Crippen LogP contribution in [0.1, 0.15) is 52.4 Å². The Balaban J connectivity index is 2.80. The van der Waals surface area contributed by atoms with Crippen LogP contribution in [0.2, 0.25) is 0 Å². The molecule has 0 saturated heterocycles. The van der Waals surface area contributed by atoms with Gasteiger partial charge in [0.05, 0.1) is 11.2 Å². The van der Waals surface area contributed by atoms with E-state index in [0.717, 1.165) is 0 Å². The van der Waals surface area contributed by atoms with Crippen LogP contribution in [0.5, 0.6) is 0 Å². The summed E-state index contributed by atoms with van der Waals surface area (Å²) in [5.74, 6) is 0. The molecular formula is C11H19NS. The van der Waals surface area contributed by atoms with Gasteiger partial charge in [-0.25, -0.2) is 4.99 Å². The molecule has 0 aromatic carbocycles. The maximum absolute atomic E-state index is 4.71. The second kappa shape index (κ2) is 4.88. The molecule has 1 atom stereocenters. The van der Waals surface area contributed by atoms with Gasteiger partial charge in [-0.2, -0.15) is 0 Å². The molecule has 1 aliphatic rings. The first-order chi connectivity index (χ1) is 6.29. The fraction of sp³-hybridized carbons (Fsp3) is 0.909. The highest BCUT2D eigenvalue weighted by Gasteiger charge is 2.37. The van der Waals surface area contributed by atoms with E-state index in [-0.39, 0.29) is 0 Å². The van der Waals surface area contributed by atoms with E-state index in [0.29, 0.717) is 11.5 Å². The third kappa shape index (κ3) is 2.18. The molecule has 13 heavy (non-hydrogen) atoms. The van der Waals surface area contributed by atoms with Crippen LogP contribution in [-0.2, 0) is 0 Å². The van der Waals surface area contributed by atoms with Crippen LogP contribution in [0.3, 0.4) is 0 Å². The summed E-state index contributed by atoms with van der Waals surface area (Å²) in [7, 11) is 0. The summed E-state index contributed by atoms with van der Waals surface area (Å²) >= 11 is 4.71. The lowest BCUT2D eigenvalue weighted by Crippen LogP contribution is -2.35. The normalized spacial score (nSPS) is 26.5. The summed E-state index contributed by atoms with van der Waals surface area (Å²) in [6.45, 7) is 4.56. The van der Waals surface area contributed by atoms with Gasteiger partial charge >= 0.3 is 0 Å². The van der Waals surface area contributed by atoms with Gasteiger partial charge in [0.2, 0.25) is 0 Å². The van der Waals surface area contributed by atoms with Crippen molar-refractivity contribution in [2.75, 3.05) is 0 Å². The second-order valence-corrected chi connectivity index (χ2v) is 4.23. The zero-order chi connectivity index (χ0) is 9.73. The van der Waals surface area contributed by atoms with Gasteiger partial charge in [-0.1, -0.05) is 26.7 Å². The summed E-state index contributed by atoms with van der Waals surface area (Å²) < 4.78 is 0. The molecule has 1 unspecified atom stereocenters. The van der Waals surface area contributed by atoms with Crippen LogP contribution < -0.4 is 0 Å². The molecule has 0 aromatic rings. The van der Waals surface area contributed by atoms with E-state index in [1.54, 1.807) is 0 Å². The highest BCUT2D eigenvalue weighted by Crippen LogP contribution is 2.43. The number of nitrogens with zero attached hydrogens (tertiary/aromatic N) is 1. The van der Waals surface area contributed by atoms with E-state index in [2.05, 4.69) is 24.0 Å². The zero-order valence-corrected chi connectivity index (χ0v) is 9.49. The Hall–Kier alpha value is -0.200. The minimum Gasteiger partial charge on any atom is -0.229 e. The second-order valence-electron chi connectivity index (χ2n) is 4.05. The predicted molar refractivity (Wildman–Crippen MR) is 60.3 cm³/mol. The van der Waals surface area contributed by atoms with Crippen molar-refractivity contribution in [2.45, 2.75) is 58.4 Å². The van der Waals surface area contributed by atoms with E-state index in [1.807, 2.05) is 0 Å². The van der Waals surface area contributed by atoms with Crippen molar-refractivity contribution >= 4 is 17.4 Å². The SMILES string of the molecule is CCC1(CC)CCCCC1N=C=S. The molecule has 2 heteroatoms. The summed E-state index contributed by atoms with van der Waals surface area (Å²) in [4.78, 5) is 4.34. The molecule has 0 amide bonds. The highest BCUT2D eigenvalue weighted by molar-refractivity contribution is 7.78. The van der Waals surface area contributed by atoms with Crippen LogP contribution >= 0.6 is 12.2 Å². The fourth-order valence-electron chi connectivity index (χ4n) is 2.63. The molecule has 0 aliphatic heterocycles. The monoisotopic (exact) mass is 197 g/mol. The van der Waals surface area contributed by atoms with Crippen molar-refractivity contribution in [1.82, 2.24) is 0 Å². The number of hydrogen-bond acceptors (Lipinski definition) is 2. The quantitative estimate of drug-likeness (QED) is 0.494. The van der Waals surface area contributed by atoms with Gasteiger partial charge in [0, 0.05) is 0 Å². The molecule has 0 heterocycles. The van der Waals surface area contributed by atoms with Crippen molar-refractivity contribution in [3.8, 4) is 0 Å². The number of hydrogen-bond donors (Lipinski definition) is 0. The Bertz CT molecular complexity index is 202. The maximum Gasteiger partial charge on any atom is 0.0658 e. The molecule has 0 bridgehead atoms. The standard InChI is InChI=1S/C11H19NS/c1-3-11(4-2)8-6-5-7-10(11)12-9-13/h10H,3-8H2,1-2H3. The van der Waals surface area contributed by atoms with Gasteiger partial charge < -0.3 is 0 Å². The lowest BCUT2D eigenvalue weighted by molar-refractivity contribution is 0.140. The van der Waals surface area contributed by atoms with E-state index in [1.165, 1.54) is 38.5 Å². The van der Waals surface area contributed by atoms with Gasteiger partial charge in [0.1, 0.15) is 0 Å². The van der Waals surface area contributed by atoms with E-state index in [9.17, 15) is 0 Å². The van der Waals surface area contributed by atoms with E-state index < -0.39 is 0 Å². The number of isothiocyanates is 1. The summed E-state index contributed by atoms with van der Waals surface area (Å²) in [6, 6.07) is 0.453. The largest absolute Gasteiger partial charge is 0.229 e. The van der Waals surface area contributed by atoms with Crippen molar-refractivity contribution in [1.29, 1.82) is 0 Å². The summed E-state index contributed by atoms with van der Waals surface area (Å²) in [5, 5.41) is 2.57. The van der Waals surface area contributed by atoms with Gasteiger partial charge in [-0.05, 0) is 43.3 Å². The zero-order valence-electron chi connectivity index (χ0n) is 8.68. The van der Waals surface area contributed by atoms with Crippen LogP contribution in [0.25, 0.3) is 0 Å².